The van der Waals surface area contributed by atoms with E-state index < -0.39 is 0 Å². The maximum absolute atomic E-state index is 13.8. The van der Waals surface area contributed by atoms with Crippen LogP contribution >= 0.6 is 0 Å². The van der Waals surface area contributed by atoms with Crippen LogP contribution in [0.15, 0.2) is 18.2 Å². The second-order valence-corrected chi connectivity index (χ2v) is 5.25. The summed E-state index contributed by atoms with van der Waals surface area (Å²) >= 11 is 0. The van der Waals surface area contributed by atoms with Gasteiger partial charge in [0.05, 0.1) is 7.11 Å². The molecule has 1 aromatic carbocycles. The van der Waals surface area contributed by atoms with Crippen LogP contribution < -0.4 is 10.5 Å². The lowest BCUT2D eigenvalue weighted by Crippen LogP contribution is -2.37. The first-order valence-corrected chi connectivity index (χ1v) is 6.92. The molecule has 1 aliphatic carbocycles. The van der Waals surface area contributed by atoms with E-state index in [1.54, 1.807) is 12.1 Å². The minimum atomic E-state index is -0.321. The monoisotopic (exact) mass is 266 g/mol. The summed E-state index contributed by atoms with van der Waals surface area (Å²) in [6, 6.07) is 5.77. The Bertz CT molecular complexity index is 419. The molecule has 1 fully saturated rings. The van der Waals surface area contributed by atoms with Crippen molar-refractivity contribution in [3.63, 3.8) is 0 Å². The van der Waals surface area contributed by atoms with Crippen LogP contribution in [0.5, 0.6) is 5.75 Å². The first kappa shape index (κ1) is 14.3. The number of hydrogen-bond donors (Lipinski definition) is 1. The summed E-state index contributed by atoms with van der Waals surface area (Å²) in [6.45, 7) is 0.499. The van der Waals surface area contributed by atoms with Gasteiger partial charge in [0.1, 0.15) is 0 Å². The predicted octanol–water partition coefficient (Wildman–Crippen LogP) is 2.71. The van der Waals surface area contributed by atoms with Gasteiger partial charge in [-0.2, -0.15) is 0 Å². The Morgan fingerprint density at radius 2 is 2.11 bits per heavy atom. The number of benzene rings is 1. The number of nitrogens with zero attached hydrogens (tertiary/aromatic N) is 1. The smallest absolute Gasteiger partial charge is 0.165 e. The average molecular weight is 266 g/mol. The van der Waals surface area contributed by atoms with Gasteiger partial charge in [0.15, 0.2) is 11.6 Å². The lowest BCUT2D eigenvalue weighted by atomic mass is 10.0. The normalized spacial score (nSPS) is 17.9. The quantitative estimate of drug-likeness (QED) is 0.890. The van der Waals surface area contributed by atoms with Crippen LogP contribution in [0.2, 0.25) is 0 Å². The highest BCUT2D eigenvalue weighted by Crippen LogP contribution is 2.30. The molecule has 0 amide bonds. The standard InChI is InChI=1S/C15H23FN2O/c1-18(12-5-3-4-6-12)14(10-17)11-7-8-15(19-2)13(16)9-11/h7-9,12,14H,3-6,10,17H2,1-2H3. The summed E-state index contributed by atoms with van der Waals surface area (Å²) in [6.07, 6.45) is 4.99. The van der Waals surface area contributed by atoms with Crippen LogP contribution in [-0.4, -0.2) is 31.6 Å². The van der Waals surface area contributed by atoms with Crippen molar-refractivity contribution in [2.24, 2.45) is 5.73 Å². The topological polar surface area (TPSA) is 38.5 Å². The Morgan fingerprint density at radius 3 is 2.63 bits per heavy atom. The van der Waals surface area contributed by atoms with Crippen LogP contribution in [0.3, 0.4) is 0 Å². The summed E-state index contributed by atoms with van der Waals surface area (Å²) in [5.74, 6) is -0.0405. The molecule has 0 aromatic heterocycles. The van der Waals surface area contributed by atoms with Gasteiger partial charge in [0.2, 0.25) is 0 Å². The Morgan fingerprint density at radius 1 is 1.42 bits per heavy atom. The van der Waals surface area contributed by atoms with E-state index in [1.165, 1.54) is 32.8 Å². The summed E-state index contributed by atoms with van der Waals surface area (Å²) in [7, 11) is 3.57. The molecule has 19 heavy (non-hydrogen) atoms. The molecule has 2 N–H and O–H groups in total. The fourth-order valence-corrected chi connectivity index (χ4v) is 2.99. The molecule has 4 heteroatoms. The third-order valence-electron chi connectivity index (χ3n) is 4.18. The summed E-state index contributed by atoms with van der Waals surface area (Å²) < 4.78 is 18.8. The molecule has 1 saturated carbocycles. The van der Waals surface area contributed by atoms with E-state index in [4.69, 9.17) is 10.5 Å². The number of nitrogens with two attached hydrogens (primary N) is 1. The number of halogens is 1. The molecular formula is C15H23FN2O. The second kappa shape index (κ2) is 6.35. The number of likely N-dealkylation sites (N-methyl/N-ethyl adjacent to an activating group) is 1. The third-order valence-corrected chi connectivity index (χ3v) is 4.18. The largest absolute Gasteiger partial charge is 0.494 e. The maximum atomic E-state index is 13.8. The van der Waals surface area contributed by atoms with Crippen molar-refractivity contribution in [3.05, 3.63) is 29.6 Å². The molecule has 0 heterocycles. The Balaban J connectivity index is 2.18. The van der Waals surface area contributed by atoms with Crippen LogP contribution in [0.1, 0.15) is 37.3 Å². The van der Waals surface area contributed by atoms with Gasteiger partial charge in [-0.25, -0.2) is 4.39 Å². The van der Waals surface area contributed by atoms with Gasteiger partial charge in [0, 0.05) is 18.6 Å². The predicted molar refractivity (Wildman–Crippen MR) is 74.8 cm³/mol. The van der Waals surface area contributed by atoms with E-state index in [0.29, 0.717) is 12.6 Å². The maximum Gasteiger partial charge on any atom is 0.165 e. The van der Waals surface area contributed by atoms with Gasteiger partial charge in [-0.1, -0.05) is 18.9 Å². The first-order valence-electron chi connectivity index (χ1n) is 6.92. The minimum absolute atomic E-state index is 0.0727. The molecular weight excluding hydrogens is 243 g/mol. The lowest BCUT2D eigenvalue weighted by Gasteiger charge is -2.32. The fraction of sp³-hybridized carbons (Fsp3) is 0.600. The van der Waals surface area contributed by atoms with Crippen molar-refractivity contribution in [2.45, 2.75) is 37.8 Å². The zero-order chi connectivity index (χ0) is 13.8. The van der Waals surface area contributed by atoms with Crippen LogP contribution in [-0.2, 0) is 0 Å². The van der Waals surface area contributed by atoms with Crippen molar-refractivity contribution in [3.8, 4) is 5.75 Å². The minimum Gasteiger partial charge on any atom is -0.494 e. The highest BCUT2D eigenvalue weighted by Gasteiger charge is 2.26. The lowest BCUT2D eigenvalue weighted by molar-refractivity contribution is 0.179. The second-order valence-electron chi connectivity index (χ2n) is 5.25. The SMILES string of the molecule is COc1ccc(C(CN)N(C)C2CCCC2)cc1F. The molecule has 0 aliphatic heterocycles. The fourth-order valence-electron chi connectivity index (χ4n) is 2.99. The van der Waals surface area contributed by atoms with Gasteiger partial charge in [0.25, 0.3) is 0 Å². The van der Waals surface area contributed by atoms with Crippen molar-refractivity contribution in [1.29, 1.82) is 0 Å². The summed E-state index contributed by atoms with van der Waals surface area (Å²) in [5.41, 5.74) is 6.82. The molecule has 1 atom stereocenters. The third kappa shape index (κ3) is 3.07. The molecule has 1 unspecified atom stereocenters. The van der Waals surface area contributed by atoms with Crippen LogP contribution in [0.25, 0.3) is 0 Å². The van der Waals surface area contributed by atoms with Gasteiger partial charge < -0.3 is 10.5 Å². The summed E-state index contributed by atoms with van der Waals surface area (Å²) in [4.78, 5) is 2.30. The zero-order valence-electron chi connectivity index (χ0n) is 11.7. The average Bonchev–Trinajstić information content (AvgIpc) is 2.93. The molecule has 1 aromatic rings. The molecule has 3 nitrogen and oxygen atoms in total. The molecule has 1 aliphatic rings. The highest BCUT2D eigenvalue weighted by atomic mass is 19.1. The molecule has 2 rings (SSSR count). The van der Waals surface area contributed by atoms with E-state index >= 15 is 0 Å². The van der Waals surface area contributed by atoms with Crippen LogP contribution in [0.4, 0.5) is 4.39 Å². The van der Waals surface area contributed by atoms with E-state index in [0.717, 1.165) is 5.56 Å². The van der Waals surface area contributed by atoms with Gasteiger partial charge in [-0.3, -0.25) is 4.90 Å². The van der Waals surface area contributed by atoms with Crippen molar-refractivity contribution >= 4 is 0 Å². The molecule has 0 bridgehead atoms. The van der Waals surface area contributed by atoms with Crippen molar-refractivity contribution < 1.29 is 9.13 Å². The number of ether oxygens (including phenoxy) is 1. The van der Waals surface area contributed by atoms with E-state index in [1.807, 2.05) is 6.07 Å². The van der Waals surface area contributed by atoms with E-state index in [-0.39, 0.29) is 17.6 Å². The molecule has 0 radical (unpaired) electrons. The Kier molecular flexibility index (Phi) is 4.77. The van der Waals surface area contributed by atoms with Crippen molar-refractivity contribution in [2.75, 3.05) is 20.7 Å². The van der Waals surface area contributed by atoms with Crippen molar-refractivity contribution in [1.82, 2.24) is 4.90 Å². The Hall–Kier alpha value is -1.13. The highest BCUT2D eigenvalue weighted by molar-refractivity contribution is 5.31. The van der Waals surface area contributed by atoms with E-state index in [9.17, 15) is 4.39 Å². The van der Waals surface area contributed by atoms with Gasteiger partial charge >= 0.3 is 0 Å². The number of rotatable bonds is 5. The first-order chi connectivity index (χ1) is 9.17. The summed E-state index contributed by atoms with van der Waals surface area (Å²) in [5, 5.41) is 0. The molecule has 0 saturated heterocycles. The van der Waals surface area contributed by atoms with Crippen LogP contribution in [0, 0.1) is 5.82 Å². The zero-order valence-corrected chi connectivity index (χ0v) is 11.7. The Labute approximate surface area is 114 Å². The molecule has 106 valence electrons. The number of methoxy groups -OCH3 is 1. The van der Waals surface area contributed by atoms with Gasteiger partial charge in [-0.05, 0) is 37.6 Å². The van der Waals surface area contributed by atoms with Gasteiger partial charge in [-0.15, -0.1) is 0 Å². The van der Waals surface area contributed by atoms with E-state index in [2.05, 4.69) is 11.9 Å². The molecule has 0 spiro atoms. The number of hydrogen-bond acceptors (Lipinski definition) is 3.